The molecule has 9 heteroatoms. The summed E-state index contributed by atoms with van der Waals surface area (Å²) in [5.41, 5.74) is 2.44. The number of amides is 1. The van der Waals surface area contributed by atoms with Gasteiger partial charge < -0.3 is 9.64 Å². The van der Waals surface area contributed by atoms with Gasteiger partial charge in [0.2, 0.25) is 0 Å². The van der Waals surface area contributed by atoms with Crippen LogP contribution in [0.25, 0.3) is 16.6 Å². The minimum absolute atomic E-state index is 0.193. The molecule has 2 aromatic heterocycles. The second-order valence-corrected chi connectivity index (χ2v) is 10.6. The first kappa shape index (κ1) is 22.0. The lowest BCUT2D eigenvalue weighted by Gasteiger charge is -2.29. The van der Waals surface area contributed by atoms with Crippen molar-refractivity contribution in [3.05, 3.63) is 60.2 Å². The zero-order valence-corrected chi connectivity index (χ0v) is 19.4. The number of aryl methyl sites for hydroxylation is 1. The molecule has 168 valence electrons. The van der Waals surface area contributed by atoms with Gasteiger partial charge >= 0.3 is 6.09 Å². The van der Waals surface area contributed by atoms with Gasteiger partial charge in [-0.15, -0.1) is 0 Å². The lowest BCUT2D eigenvalue weighted by molar-refractivity contribution is 0.0270. The first-order valence-electron chi connectivity index (χ1n) is 10.4. The van der Waals surface area contributed by atoms with Crippen LogP contribution >= 0.6 is 0 Å². The normalized spacial score (nSPS) is 15.0. The summed E-state index contributed by atoms with van der Waals surface area (Å²) < 4.78 is 33.3. The summed E-state index contributed by atoms with van der Waals surface area (Å²) >= 11 is 0. The van der Waals surface area contributed by atoms with E-state index in [0.29, 0.717) is 30.5 Å². The molecular formula is C23H26N4O4S. The number of aromatic nitrogens is 3. The molecule has 1 aliphatic heterocycles. The third-order valence-corrected chi connectivity index (χ3v) is 6.89. The summed E-state index contributed by atoms with van der Waals surface area (Å²) in [6.45, 7) is 8.27. The monoisotopic (exact) mass is 454 g/mol. The topological polar surface area (TPSA) is 94.4 Å². The highest BCUT2D eigenvalue weighted by atomic mass is 32.2. The molecule has 0 radical (unpaired) electrons. The Morgan fingerprint density at radius 3 is 2.50 bits per heavy atom. The zero-order chi connectivity index (χ0) is 23.1. The van der Waals surface area contributed by atoms with Crippen molar-refractivity contribution in [2.24, 2.45) is 0 Å². The summed E-state index contributed by atoms with van der Waals surface area (Å²) in [5, 5.41) is 0.653. The lowest BCUT2D eigenvalue weighted by atomic mass is 10.0. The van der Waals surface area contributed by atoms with Crippen LogP contribution in [0, 0.1) is 6.92 Å². The van der Waals surface area contributed by atoms with E-state index in [-0.39, 0.29) is 11.0 Å². The van der Waals surface area contributed by atoms with Crippen LogP contribution in [-0.4, -0.2) is 52.0 Å². The van der Waals surface area contributed by atoms with Gasteiger partial charge in [0.25, 0.3) is 10.0 Å². The molecule has 3 heterocycles. The van der Waals surface area contributed by atoms with Gasteiger partial charge in [-0.05, 0) is 51.8 Å². The minimum atomic E-state index is -3.83. The molecule has 3 aromatic rings. The maximum Gasteiger partial charge on any atom is 0.410 e. The van der Waals surface area contributed by atoms with Gasteiger partial charge in [0.15, 0.2) is 5.65 Å². The molecule has 0 fully saturated rings. The van der Waals surface area contributed by atoms with Crippen molar-refractivity contribution in [1.82, 2.24) is 18.8 Å². The van der Waals surface area contributed by atoms with Crippen LogP contribution in [0.2, 0.25) is 0 Å². The van der Waals surface area contributed by atoms with Crippen LogP contribution in [0.15, 0.2) is 54.0 Å². The molecule has 4 rings (SSSR count). The number of ether oxygens (including phenoxy) is 1. The molecule has 0 N–H and O–H groups in total. The van der Waals surface area contributed by atoms with Crippen molar-refractivity contribution in [2.45, 2.75) is 44.6 Å². The number of rotatable bonds is 3. The molecule has 0 atom stereocenters. The van der Waals surface area contributed by atoms with Crippen LogP contribution in [0.1, 0.15) is 38.3 Å². The highest BCUT2D eigenvalue weighted by molar-refractivity contribution is 7.90. The van der Waals surface area contributed by atoms with Crippen LogP contribution in [0.5, 0.6) is 0 Å². The first-order valence-corrected chi connectivity index (χ1v) is 11.8. The van der Waals surface area contributed by atoms with Gasteiger partial charge in [-0.2, -0.15) is 0 Å². The van der Waals surface area contributed by atoms with E-state index in [2.05, 4.69) is 9.97 Å². The standard InChI is InChI=1S/C23H26N4O4S/c1-16-5-7-18(8-6-16)32(29,30)27-14-20(19-13-24-15-25-21(19)27)17-9-11-26(12-10-17)22(28)31-23(2,3)4/h5-9,13-15H,10-12H2,1-4H3. The minimum Gasteiger partial charge on any atom is -0.444 e. The van der Waals surface area contributed by atoms with Crippen LogP contribution in [0.4, 0.5) is 4.79 Å². The second-order valence-electron chi connectivity index (χ2n) is 8.82. The molecule has 0 bridgehead atoms. The SMILES string of the molecule is Cc1ccc(S(=O)(=O)n2cc(C3=CCN(C(=O)OC(C)(C)C)CC3)c3cncnc32)cc1. The summed E-state index contributed by atoms with van der Waals surface area (Å²) in [6.07, 6.45) is 6.70. The third kappa shape index (κ3) is 4.25. The largest absolute Gasteiger partial charge is 0.444 e. The molecule has 1 aliphatic rings. The number of nitrogens with zero attached hydrogens (tertiary/aromatic N) is 4. The number of hydrogen-bond donors (Lipinski definition) is 0. The molecule has 1 amide bonds. The van der Waals surface area contributed by atoms with Gasteiger partial charge in [0.05, 0.1) is 4.90 Å². The number of carbonyl (C=O) groups excluding carboxylic acids is 1. The molecule has 0 aliphatic carbocycles. The van der Waals surface area contributed by atoms with E-state index >= 15 is 0 Å². The Morgan fingerprint density at radius 1 is 1.16 bits per heavy atom. The van der Waals surface area contributed by atoms with Crippen LogP contribution < -0.4 is 0 Å². The number of benzene rings is 1. The van der Waals surface area contributed by atoms with Crippen molar-refractivity contribution < 1.29 is 17.9 Å². The van der Waals surface area contributed by atoms with Crippen molar-refractivity contribution >= 4 is 32.7 Å². The van der Waals surface area contributed by atoms with Crippen LogP contribution in [0.3, 0.4) is 0 Å². The Balaban J connectivity index is 1.70. The van der Waals surface area contributed by atoms with E-state index in [0.717, 1.165) is 16.7 Å². The summed E-state index contributed by atoms with van der Waals surface area (Å²) in [7, 11) is -3.83. The predicted molar refractivity (Wildman–Crippen MR) is 122 cm³/mol. The molecule has 8 nitrogen and oxygen atoms in total. The average Bonchev–Trinajstić information content (AvgIpc) is 3.13. The highest BCUT2D eigenvalue weighted by Crippen LogP contribution is 2.32. The van der Waals surface area contributed by atoms with Gasteiger partial charge in [-0.3, -0.25) is 0 Å². The highest BCUT2D eigenvalue weighted by Gasteiger charge is 2.27. The average molecular weight is 455 g/mol. The quantitative estimate of drug-likeness (QED) is 0.594. The Labute approximate surface area is 187 Å². The number of hydrogen-bond acceptors (Lipinski definition) is 6. The van der Waals surface area contributed by atoms with E-state index in [1.807, 2.05) is 33.8 Å². The van der Waals surface area contributed by atoms with E-state index in [4.69, 9.17) is 4.74 Å². The fraction of sp³-hybridized carbons (Fsp3) is 0.348. The molecule has 0 unspecified atom stereocenters. The van der Waals surface area contributed by atoms with E-state index in [1.165, 1.54) is 10.3 Å². The van der Waals surface area contributed by atoms with Crippen molar-refractivity contribution in [1.29, 1.82) is 0 Å². The van der Waals surface area contributed by atoms with E-state index in [9.17, 15) is 13.2 Å². The Kier molecular flexibility index (Phi) is 5.54. The summed E-state index contributed by atoms with van der Waals surface area (Å²) in [5.74, 6) is 0. The zero-order valence-electron chi connectivity index (χ0n) is 18.6. The molecule has 32 heavy (non-hydrogen) atoms. The Hall–Kier alpha value is -3.20. The van der Waals surface area contributed by atoms with Gasteiger partial charge in [-0.1, -0.05) is 23.8 Å². The third-order valence-electron chi connectivity index (χ3n) is 5.22. The van der Waals surface area contributed by atoms with E-state index in [1.54, 1.807) is 41.6 Å². The van der Waals surface area contributed by atoms with Gasteiger partial charge in [-0.25, -0.2) is 27.2 Å². The predicted octanol–water partition coefficient (Wildman–Crippen LogP) is 4.00. The molecule has 0 saturated heterocycles. The fourth-order valence-corrected chi connectivity index (χ4v) is 4.93. The summed E-state index contributed by atoms with van der Waals surface area (Å²) in [4.78, 5) is 22.5. The molecule has 0 saturated carbocycles. The van der Waals surface area contributed by atoms with Gasteiger partial charge in [0, 0.05) is 36.4 Å². The molecule has 1 aromatic carbocycles. The maximum atomic E-state index is 13.3. The Bertz CT molecular complexity index is 1300. The first-order chi connectivity index (χ1) is 15.1. The lowest BCUT2D eigenvalue weighted by Crippen LogP contribution is -2.39. The Morgan fingerprint density at radius 2 is 1.88 bits per heavy atom. The maximum absolute atomic E-state index is 13.3. The summed E-state index contributed by atoms with van der Waals surface area (Å²) in [6, 6.07) is 6.72. The van der Waals surface area contributed by atoms with Crippen molar-refractivity contribution in [2.75, 3.05) is 13.1 Å². The number of fused-ring (bicyclic) bond motifs is 1. The number of carbonyl (C=O) groups is 1. The van der Waals surface area contributed by atoms with Crippen molar-refractivity contribution in [3.63, 3.8) is 0 Å². The second kappa shape index (κ2) is 8.05. The van der Waals surface area contributed by atoms with Gasteiger partial charge in [0.1, 0.15) is 11.9 Å². The van der Waals surface area contributed by atoms with Crippen LogP contribution in [-0.2, 0) is 14.8 Å². The van der Waals surface area contributed by atoms with E-state index < -0.39 is 15.6 Å². The molecule has 0 spiro atoms. The smallest absolute Gasteiger partial charge is 0.410 e. The van der Waals surface area contributed by atoms with Crippen molar-refractivity contribution in [3.8, 4) is 0 Å². The fourth-order valence-electron chi connectivity index (χ4n) is 3.61. The molecular weight excluding hydrogens is 428 g/mol.